The molecule has 17 heteroatoms. The van der Waals surface area contributed by atoms with Crippen molar-refractivity contribution in [1.29, 1.82) is 0 Å². The van der Waals surface area contributed by atoms with Gasteiger partial charge in [-0.25, -0.2) is 4.79 Å². The highest BCUT2D eigenvalue weighted by molar-refractivity contribution is 5.91. The van der Waals surface area contributed by atoms with Crippen LogP contribution in [0.5, 0.6) is 0 Å². The molecule has 0 aliphatic carbocycles. The SMILES string of the molecule is CCCc1ccc(C(CCCNC(N)=O)NC(=O)CC(C=O)NC(=O)CCOCCOCCOCCOCCNC(=O)CCN(C)C(=O)/C=C\C=O)cc1. The van der Waals surface area contributed by atoms with Crippen LogP contribution in [-0.4, -0.2) is 133 Å². The smallest absolute Gasteiger partial charge is 0.312 e. The van der Waals surface area contributed by atoms with Gasteiger partial charge in [-0.3, -0.25) is 24.0 Å². The Labute approximate surface area is 317 Å². The number of urea groups is 1. The van der Waals surface area contributed by atoms with Gasteiger partial charge >= 0.3 is 6.03 Å². The van der Waals surface area contributed by atoms with Gasteiger partial charge in [0.05, 0.1) is 71.4 Å². The van der Waals surface area contributed by atoms with Crippen molar-refractivity contribution in [2.45, 2.75) is 64.0 Å². The number of ether oxygens (including phenoxy) is 4. The number of hydrogen-bond donors (Lipinski definition) is 5. The Morgan fingerprint density at radius 2 is 1.41 bits per heavy atom. The van der Waals surface area contributed by atoms with Crippen molar-refractivity contribution in [3.05, 3.63) is 47.5 Å². The minimum atomic E-state index is -1.00. The van der Waals surface area contributed by atoms with E-state index in [2.05, 4.69) is 28.2 Å². The summed E-state index contributed by atoms with van der Waals surface area (Å²) in [6, 6.07) is 5.97. The van der Waals surface area contributed by atoms with E-state index in [1.165, 1.54) is 10.5 Å². The van der Waals surface area contributed by atoms with E-state index >= 15 is 0 Å². The standard InChI is InChI=1S/C37H58N6O11/c1-3-6-29-9-11-30(12-10-29)32(7-4-15-40-37(38)50)42-35(48)27-31(28-45)41-34(47)14-19-51-21-23-53-25-26-54-24-22-52-20-16-39-33(46)13-17-43(2)36(49)8-5-18-44/h5,8-12,18,28,31-32H,3-4,6-7,13-17,19-27H2,1-2H3,(H,39,46)(H,41,47)(H,42,48)(H3,38,40,50)/b8-5-. The maximum absolute atomic E-state index is 12.9. The van der Waals surface area contributed by atoms with E-state index in [-0.39, 0.29) is 56.9 Å². The van der Waals surface area contributed by atoms with E-state index < -0.39 is 23.9 Å². The van der Waals surface area contributed by atoms with Gasteiger partial charge in [0.15, 0.2) is 0 Å². The van der Waals surface area contributed by atoms with Gasteiger partial charge in [0.25, 0.3) is 0 Å². The molecule has 0 saturated heterocycles. The average Bonchev–Trinajstić information content (AvgIpc) is 3.15. The highest BCUT2D eigenvalue weighted by Gasteiger charge is 2.20. The van der Waals surface area contributed by atoms with Crippen molar-refractivity contribution in [3.8, 4) is 0 Å². The number of carbonyl (C=O) groups is 7. The first kappa shape index (κ1) is 47.3. The highest BCUT2D eigenvalue weighted by Crippen LogP contribution is 2.20. The summed E-state index contributed by atoms with van der Waals surface area (Å²) in [7, 11) is 1.54. The lowest BCUT2D eigenvalue weighted by Crippen LogP contribution is -2.41. The number of hydrogen-bond acceptors (Lipinski definition) is 11. The van der Waals surface area contributed by atoms with Crippen molar-refractivity contribution in [3.63, 3.8) is 0 Å². The number of rotatable bonds is 32. The van der Waals surface area contributed by atoms with Gasteiger partial charge in [0, 0.05) is 45.6 Å². The van der Waals surface area contributed by atoms with Gasteiger partial charge in [-0.2, -0.15) is 0 Å². The van der Waals surface area contributed by atoms with E-state index in [9.17, 15) is 33.6 Å². The third kappa shape index (κ3) is 24.5. The van der Waals surface area contributed by atoms with E-state index in [0.29, 0.717) is 78.1 Å². The number of carbonyl (C=O) groups excluding carboxylic acids is 7. The fraction of sp³-hybridized carbons (Fsp3) is 0.595. The molecule has 2 atom stereocenters. The van der Waals surface area contributed by atoms with Crippen LogP contribution in [0.4, 0.5) is 4.79 Å². The van der Waals surface area contributed by atoms with E-state index in [4.69, 9.17) is 24.7 Å². The summed E-state index contributed by atoms with van der Waals surface area (Å²) in [6.45, 7) is 5.30. The molecular weight excluding hydrogens is 704 g/mol. The van der Waals surface area contributed by atoms with Gasteiger partial charge < -0.3 is 55.6 Å². The first-order chi connectivity index (χ1) is 26.1. The summed E-state index contributed by atoms with van der Waals surface area (Å²) in [5.74, 6) is -1.41. The molecule has 302 valence electrons. The molecule has 0 bridgehead atoms. The van der Waals surface area contributed by atoms with Crippen LogP contribution in [0.3, 0.4) is 0 Å². The molecule has 1 rings (SSSR count). The summed E-state index contributed by atoms with van der Waals surface area (Å²) in [5, 5.41) is 10.7. The molecule has 0 spiro atoms. The second-order valence-corrected chi connectivity index (χ2v) is 12.1. The molecule has 0 aliphatic heterocycles. The number of primary amides is 1. The maximum atomic E-state index is 12.9. The molecule has 17 nitrogen and oxygen atoms in total. The molecule has 6 N–H and O–H groups in total. The number of likely N-dealkylation sites (N-methyl/N-ethyl adjacent to an activating group) is 1. The van der Waals surface area contributed by atoms with Crippen molar-refractivity contribution in [1.82, 2.24) is 26.2 Å². The molecule has 0 radical (unpaired) electrons. The van der Waals surface area contributed by atoms with Crippen molar-refractivity contribution >= 4 is 42.2 Å². The molecular formula is C37H58N6O11. The van der Waals surface area contributed by atoms with Crippen LogP contribution in [0.25, 0.3) is 0 Å². The minimum absolute atomic E-state index is 0.00205. The number of nitrogens with two attached hydrogens (primary N) is 1. The molecule has 0 saturated carbocycles. The Bertz CT molecular complexity index is 1300. The fourth-order valence-electron chi connectivity index (χ4n) is 4.82. The Kier molecular flexibility index (Phi) is 26.9. The summed E-state index contributed by atoms with van der Waals surface area (Å²) >= 11 is 0. The van der Waals surface area contributed by atoms with Crippen LogP contribution < -0.4 is 27.0 Å². The lowest BCUT2D eigenvalue weighted by Gasteiger charge is -2.21. The number of benzene rings is 1. The summed E-state index contributed by atoms with van der Waals surface area (Å²) in [5.41, 5.74) is 7.22. The van der Waals surface area contributed by atoms with E-state index in [0.717, 1.165) is 30.6 Å². The van der Waals surface area contributed by atoms with Gasteiger partial charge in [0.1, 0.15) is 12.6 Å². The highest BCUT2D eigenvalue weighted by atomic mass is 16.6. The Morgan fingerprint density at radius 1 is 0.778 bits per heavy atom. The quantitative estimate of drug-likeness (QED) is 0.0385. The van der Waals surface area contributed by atoms with Gasteiger partial charge in [-0.05, 0) is 36.5 Å². The van der Waals surface area contributed by atoms with Crippen molar-refractivity contribution in [2.75, 3.05) is 79.5 Å². The first-order valence-corrected chi connectivity index (χ1v) is 18.2. The summed E-state index contributed by atoms with van der Waals surface area (Å²) < 4.78 is 21.7. The lowest BCUT2D eigenvalue weighted by atomic mass is 9.99. The Hall–Kier alpha value is -4.71. The molecule has 6 amide bonds. The summed E-state index contributed by atoms with van der Waals surface area (Å²) in [4.78, 5) is 83.1. The largest absolute Gasteiger partial charge is 0.379 e. The maximum Gasteiger partial charge on any atom is 0.312 e. The van der Waals surface area contributed by atoms with Crippen LogP contribution in [-0.2, 0) is 54.1 Å². The Morgan fingerprint density at radius 3 is 2.00 bits per heavy atom. The predicted octanol–water partition coefficient (Wildman–Crippen LogP) is 0.495. The van der Waals surface area contributed by atoms with Crippen LogP contribution in [0, 0.1) is 0 Å². The topological polar surface area (TPSA) is 234 Å². The first-order valence-electron chi connectivity index (χ1n) is 18.2. The molecule has 1 aromatic carbocycles. The molecule has 0 aromatic heterocycles. The molecule has 1 aromatic rings. The van der Waals surface area contributed by atoms with Gasteiger partial charge in [0.2, 0.25) is 23.6 Å². The number of amides is 6. The van der Waals surface area contributed by atoms with E-state index in [1.54, 1.807) is 7.05 Å². The average molecular weight is 763 g/mol. The van der Waals surface area contributed by atoms with Crippen LogP contribution in [0.15, 0.2) is 36.4 Å². The number of aldehydes is 2. The summed E-state index contributed by atoms with van der Waals surface area (Å²) in [6.07, 6.45) is 6.22. The van der Waals surface area contributed by atoms with Crippen LogP contribution in [0.2, 0.25) is 0 Å². The van der Waals surface area contributed by atoms with Crippen molar-refractivity contribution in [2.24, 2.45) is 5.73 Å². The lowest BCUT2D eigenvalue weighted by molar-refractivity contribution is -0.128. The minimum Gasteiger partial charge on any atom is -0.379 e. The monoisotopic (exact) mass is 762 g/mol. The number of aryl methyl sites for hydroxylation is 1. The number of nitrogens with zero attached hydrogens (tertiary/aromatic N) is 1. The molecule has 2 unspecified atom stereocenters. The zero-order chi connectivity index (χ0) is 39.8. The van der Waals surface area contributed by atoms with Crippen LogP contribution in [0.1, 0.15) is 62.6 Å². The Balaban J connectivity index is 2.15. The normalized spacial score (nSPS) is 12.0. The number of nitrogens with one attached hydrogen (secondary N) is 4. The van der Waals surface area contributed by atoms with Crippen molar-refractivity contribution < 1.29 is 52.5 Å². The zero-order valence-corrected chi connectivity index (χ0v) is 31.5. The van der Waals surface area contributed by atoms with Crippen LogP contribution >= 0.6 is 0 Å². The predicted molar refractivity (Wildman–Crippen MR) is 199 cm³/mol. The number of allylic oxidation sites excluding steroid dienone is 1. The van der Waals surface area contributed by atoms with E-state index in [1.807, 2.05) is 24.3 Å². The van der Waals surface area contributed by atoms with Gasteiger partial charge in [-0.1, -0.05) is 37.6 Å². The second-order valence-electron chi connectivity index (χ2n) is 12.1. The third-order valence-electron chi connectivity index (χ3n) is 7.67. The zero-order valence-electron chi connectivity index (χ0n) is 31.5. The fourth-order valence-corrected chi connectivity index (χ4v) is 4.82. The van der Waals surface area contributed by atoms with Gasteiger partial charge in [-0.15, -0.1) is 0 Å². The second kappa shape index (κ2) is 30.7. The molecule has 0 fully saturated rings. The molecule has 0 aliphatic rings. The third-order valence-corrected chi connectivity index (χ3v) is 7.67. The molecule has 0 heterocycles. The molecule has 54 heavy (non-hydrogen) atoms.